The minimum Gasteiger partial charge on any atom is -0.520 e. The Morgan fingerprint density at radius 3 is 0.872 bits per heavy atom. The van der Waals surface area contributed by atoms with Crippen LogP contribution in [0.5, 0.6) is 0 Å². The number of likely N-dealkylation sites (N-methyl/N-ethyl adjacent to an activating group) is 7. The molecule has 0 spiro atoms. The Kier molecular flexibility index (Phi) is 15.2. The van der Waals surface area contributed by atoms with E-state index in [1.807, 2.05) is 0 Å². The maximum absolute atomic E-state index is 12.5. The minimum absolute atomic E-state index is 0. The van der Waals surface area contributed by atoms with Gasteiger partial charge >= 0.3 is 5.97 Å². The summed E-state index contributed by atoms with van der Waals surface area (Å²) in [6.45, 7) is -2.63. The molecule has 0 aliphatic carbocycles. The summed E-state index contributed by atoms with van der Waals surface area (Å²) in [4.78, 5) is 102. The van der Waals surface area contributed by atoms with Gasteiger partial charge in [-0.25, -0.2) is 0 Å². The topological polar surface area (TPSA) is 179 Å². The van der Waals surface area contributed by atoms with E-state index in [1.54, 1.807) is 0 Å². The van der Waals surface area contributed by atoms with E-state index in [0.717, 1.165) is 34.3 Å². The monoisotopic (exact) mass is 799 g/mol. The van der Waals surface area contributed by atoms with Gasteiger partial charge in [0.1, 0.15) is 6.54 Å². The van der Waals surface area contributed by atoms with Gasteiger partial charge in [-0.15, -0.1) is 0 Å². The molecule has 0 heterocycles. The van der Waals surface area contributed by atoms with Crippen molar-refractivity contribution in [1.82, 2.24) is 34.3 Å². The Morgan fingerprint density at radius 2 is 0.667 bits per heavy atom. The van der Waals surface area contributed by atoms with E-state index in [9.17, 15) is 38.4 Å². The summed E-state index contributed by atoms with van der Waals surface area (Å²) in [5.74, 6) is -4.55. The average molecular weight is 800 g/mol. The number of hydrogen-bond donors (Lipinski definition) is 1. The molecule has 0 rings (SSSR count). The van der Waals surface area contributed by atoms with Crippen molar-refractivity contribution in [1.29, 1.82) is 0 Å². The smallest absolute Gasteiger partial charge is 0.323 e. The first kappa shape index (κ1) is 35.9. The molecule has 0 bridgehead atoms. The van der Waals surface area contributed by atoms with Crippen molar-refractivity contribution in [2.75, 3.05) is 95.1 Å². The Hall–Kier alpha value is -5.24. The van der Waals surface area contributed by atoms with Gasteiger partial charge < -0.3 is 44.2 Å². The molecule has 226 valence electrons. The number of carboxylic acid groups (broad SMARTS) is 1. The largest absolute Gasteiger partial charge is 0.520 e. The predicted molar refractivity (Wildman–Crippen MR) is 132 cm³/mol. The fourth-order valence-corrected chi connectivity index (χ4v) is 2.71. The van der Waals surface area contributed by atoms with Crippen LogP contribution >= 0.6 is 0 Å². The molecule has 7 amide bonds. The predicted octanol–water partition coefficient (Wildman–Crippen LogP) is -4.18. The molecule has 0 radical (unpaired) electrons. The zero-order chi connectivity index (χ0) is 29.7. The molecule has 0 unspecified atom stereocenters. The van der Waals surface area contributed by atoms with Crippen LogP contribution in [0.25, 0.3) is 0 Å². The molecule has 0 saturated carbocycles. The van der Waals surface area contributed by atoms with Gasteiger partial charge in [0.25, 0.3) is 0 Å². The number of carbonyl (C=O) groups excluding carboxylic acids is 7. The van der Waals surface area contributed by atoms with E-state index >= 15 is 0 Å². The Balaban J connectivity index is 0. The van der Waals surface area contributed by atoms with Crippen molar-refractivity contribution in [3.63, 3.8) is 0 Å². The normalized spacial score (nSPS) is 9.82. The van der Waals surface area contributed by atoms with Crippen LogP contribution in [-0.2, 0) is 38.4 Å². The maximum atomic E-state index is 12.5. The summed E-state index contributed by atoms with van der Waals surface area (Å²) >= 11 is 0. The second-order valence-electron chi connectivity index (χ2n) is 8.84. The van der Waals surface area contributed by atoms with E-state index in [0.29, 0.717) is 0 Å². The first-order valence-corrected chi connectivity index (χ1v) is 11.2. The summed E-state index contributed by atoms with van der Waals surface area (Å²) in [7, 11) is 9.39. The number of amides is 7. The molecule has 0 fully saturated rings. The molecule has 16 nitrogen and oxygen atoms in total. The van der Waals surface area contributed by atoms with Crippen molar-refractivity contribution >= 4 is 47.8 Å². The van der Waals surface area contributed by atoms with E-state index < -0.39 is 48.0 Å². The second kappa shape index (κ2) is 16.5. The molecule has 0 aliphatic rings. The summed E-state index contributed by atoms with van der Waals surface area (Å²) in [5.41, 5.74) is 0. The van der Waals surface area contributed by atoms with Gasteiger partial charge in [-0.1, -0.05) is 0 Å². The molecule has 0 atom stereocenters. The third-order valence-corrected chi connectivity index (χ3v) is 5.32. The number of hydrogen-bond acceptors (Lipinski definition) is 8. The molecule has 0 aliphatic heterocycles. The van der Waals surface area contributed by atoms with Gasteiger partial charge in [0, 0.05) is 42.3 Å². The number of nitrogens with zero attached hydrogens (tertiary/aromatic N) is 7. The van der Waals surface area contributed by atoms with E-state index in [-0.39, 0.29) is 39.3 Å². The maximum Gasteiger partial charge on any atom is 0.323 e. The molecule has 1 N–H and O–H groups in total. The van der Waals surface area contributed by atoms with Crippen LogP contribution in [0.1, 0.15) is 0 Å². The zero-order valence-electron chi connectivity index (χ0n) is 23.1. The van der Waals surface area contributed by atoms with Crippen LogP contribution in [0.15, 0.2) is 0 Å². The summed E-state index contributed by atoms with van der Waals surface area (Å²) in [5, 5.41) is 8.74. The van der Waals surface area contributed by atoms with E-state index in [2.05, 4.69) is 0 Å². The SMILES string of the molecule is CN([C-]=O)CC(=O)N(C)CC(=O)N(C)CC(=O)N(C)CC(=O)N(C)CC(=O)N(C)CC(=O)N(C)CC(=O)O.[Fm]. The minimum atomic E-state index is -1.20. The molecule has 0 aromatic rings. The Morgan fingerprint density at radius 1 is 0.462 bits per heavy atom. The molecule has 0 aromatic heterocycles. The van der Waals surface area contributed by atoms with Crippen LogP contribution in [0.2, 0.25) is 0 Å². The van der Waals surface area contributed by atoms with E-state index in [1.165, 1.54) is 55.7 Å². The Bertz CT molecular complexity index is 934. The van der Waals surface area contributed by atoms with Crippen molar-refractivity contribution in [2.45, 2.75) is 0 Å². The molecular formula is C22H36FmN7O9-. The van der Waals surface area contributed by atoms with Crippen LogP contribution in [0, 0.1) is 0 Å². The van der Waals surface area contributed by atoms with Crippen molar-refractivity contribution in [2.24, 2.45) is 0 Å². The summed E-state index contributed by atoms with van der Waals surface area (Å²) in [6.07, 6.45) is 1.53. The van der Waals surface area contributed by atoms with Crippen LogP contribution in [-0.4, -0.2) is 182 Å². The number of rotatable bonds is 15. The van der Waals surface area contributed by atoms with Crippen LogP contribution in [0.4, 0.5) is 0 Å². The third-order valence-electron chi connectivity index (χ3n) is 5.32. The zero-order valence-corrected chi connectivity index (χ0v) is 25.5. The molecule has 0 aromatic carbocycles. The fraction of sp³-hybridized carbons (Fsp3) is 0.636. The van der Waals surface area contributed by atoms with Crippen molar-refractivity contribution in [3.8, 4) is 0 Å². The molecule has 39 heavy (non-hydrogen) atoms. The number of carbonyl (C=O) groups is 7. The van der Waals surface area contributed by atoms with Crippen molar-refractivity contribution in [3.05, 3.63) is 0 Å². The number of aliphatic carboxylic acids is 1. The summed E-state index contributed by atoms with van der Waals surface area (Å²) in [6, 6.07) is 0. The fourth-order valence-electron chi connectivity index (χ4n) is 2.71. The van der Waals surface area contributed by atoms with Gasteiger partial charge in [-0.3, -0.25) is 33.6 Å². The molecule has 0 saturated heterocycles. The van der Waals surface area contributed by atoms with Gasteiger partial charge in [-0.05, 0) is 7.05 Å². The number of carboxylic acids is 1. The Labute approximate surface area is 221 Å². The van der Waals surface area contributed by atoms with Gasteiger partial charge in [0.05, 0.1) is 39.3 Å². The first-order valence-electron chi connectivity index (χ1n) is 11.2. The molecule has 17 heteroatoms. The van der Waals surface area contributed by atoms with Crippen LogP contribution in [0.3, 0.4) is 0 Å². The average Bonchev–Trinajstić information content (AvgIpc) is 2.82. The van der Waals surface area contributed by atoms with Gasteiger partial charge in [0.2, 0.25) is 35.4 Å². The van der Waals surface area contributed by atoms with Gasteiger partial charge in [-0.2, -0.15) is 6.41 Å². The van der Waals surface area contributed by atoms with Gasteiger partial charge in [0.15, 0.2) is 0 Å². The van der Waals surface area contributed by atoms with Crippen molar-refractivity contribution < 1.29 is 43.5 Å². The second-order valence-corrected chi connectivity index (χ2v) is 8.84. The third kappa shape index (κ3) is 13.0. The first-order chi connectivity index (χ1) is 17.5. The van der Waals surface area contributed by atoms with E-state index in [4.69, 9.17) is 5.11 Å². The quantitative estimate of drug-likeness (QED) is 0.127. The molecular weight excluding hydrogens is 763 g/mol. The van der Waals surface area contributed by atoms with Crippen LogP contribution < -0.4 is 0 Å². The standard InChI is InChI=1S/C22H36N7O9.Fm/c1-23(15-30)8-16(31)24(2)9-17(32)25(3)10-18(33)26(4)11-19(34)27(5)12-20(35)28(6)13-21(36)29(7)14-22(37)38;/h8-14H2,1-7H3,(H,37,38);/q-1;. The summed E-state index contributed by atoms with van der Waals surface area (Å²) < 4.78 is 0.